The summed E-state index contributed by atoms with van der Waals surface area (Å²) in [5.41, 5.74) is 0. The van der Waals surface area contributed by atoms with E-state index in [-0.39, 0.29) is 6.10 Å². The quantitative estimate of drug-likeness (QED) is 0.809. The molecule has 0 spiro atoms. The topological polar surface area (TPSA) is 29.5 Å². The van der Waals surface area contributed by atoms with E-state index in [2.05, 4.69) is 12.1 Å². The van der Waals surface area contributed by atoms with Gasteiger partial charge in [-0.05, 0) is 0 Å². The Labute approximate surface area is 85.7 Å². The van der Waals surface area contributed by atoms with Gasteiger partial charge in [0.2, 0.25) is 0 Å². The van der Waals surface area contributed by atoms with Gasteiger partial charge in [-0.25, -0.2) is 0 Å². The molecular formula is C9H12HgO2. The van der Waals surface area contributed by atoms with Gasteiger partial charge in [-0.3, -0.25) is 0 Å². The van der Waals surface area contributed by atoms with Crippen molar-refractivity contribution in [2.45, 2.75) is 13.0 Å². The van der Waals surface area contributed by atoms with Gasteiger partial charge in [-0.2, -0.15) is 0 Å². The van der Waals surface area contributed by atoms with Gasteiger partial charge >= 0.3 is 85.8 Å². The molecule has 0 saturated heterocycles. The van der Waals surface area contributed by atoms with Crippen molar-refractivity contribution in [1.29, 1.82) is 0 Å². The Morgan fingerprint density at radius 2 is 2.08 bits per heavy atom. The monoisotopic (exact) mass is 354 g/mol. The van der Waals surface area contributed by atoms with Gasteiger partial charge in [0.1, 0.15) is 0 Å². The van der Waals surface area contributed by atoms with Gasteiger partial charge in [0.05, 0.1) is 0 Å². The van der Waals surface area contributed by atoms with Gasteiger partial charge in [-0.15, -0.1) is 0 Å². The van der Waals surface area contributed by atoms with Crippen LogP contribution in [-0.2, 0) is 27.7 Å². The molecule has 1 atom stereocenters. The molecule has 3 heteroatoms. The van der Waals surface area contributed by atoms with Crippen molar-refractivity contribution in [3.63, 3.8) is 0 Å². The van der Waals surface area contributed by atoms with Crippen molar-refractivity contribution in [2.24, 2.45) is 0 Å². The summed E-state index contributed by atoms with van der Waals surface area (Å²) in [6.07, 6.45) is -0.325. The summed E-state index contributed by atoms with van der Waals surface area (Å²) in [6, 6.07) is 10.3. The van der Waals surface area contributed by atoms with E-state index in [4.69, 9.17) is 7.75 Å². The summed E-state index contributed by atoms with van der Waals surface area (Å²) in [7, 11) is 0. The molecule has 1 aromatic rings. The van der Waals surface area contributed by atoms with Crippen LogP contribution in [0.4, 0.5) is 0 Å². The standard InChI is InChI=1S/C6H5.C3H7O2.Hg/c1-2-4-6-5-3-1;1-3(5)2-4;/h1-5H;3,5H,2H2,1H3;/q;-1;+1. The van der Waals surface area contributed by atoms with Gasteiger partial charge < -0.3 is 0 Å². The predicted molar refractivity (Wildman–Crippen MR) is 43.7 cm³/mol. The van der Waals surface area contributed by atoms with E-state index in [0.29, 0.717) is 6.61 Å². The van der Waals surface area contributed by atoms with Crippen LogP contribution in [0.3, 0.4) is 0 Å². The Morgan fingerprint density at radius 3 is 2.67 bits per heavy atom. The summed E-state index contributed by atoms with van der Waals surface area (Å²) in [6.45, 7) is 2.25. The van der Waals surface area contributed by atoms with E-state index < -0.39 is 25.0 Å². The van der Waals surface area contributed by atoms with Crippen molar-refractivity contribution in [1.82, 2.24) is 0 Å². The molecule has 1 N–H and O–H groups in total. The van der Waals surface area contributed by atoms with Crippen molar-refractivity contribution < 1.29 is 32.8 Å². The van der Waals surface area contributed by atoms with Crippen LogP contribution in [0, 0.1) is 0 Å². The van der Waals surface area contributed by atoms with E-state index >= 15 is 0 Å². The Bertz CT molecular complexity index is 211. The second-order valence-corrected chi connectivity index (χ2v) is 8.73. The molecule has 0 aromatic heterocycles. The third kappa shape index (κ3) is 4.19. The van der Waals surface area contributed by atoms with Gasteiger partial charge in [-0.1, -0.05) is 0 Å². The molecular weight excluding hydrogens is 341 g/mol. The van der Waals surface area contributed by atoms with E-state index in [1.165, 1.54) is 3.07 Å². The fourth-order valence-electron chi connectivity index (χ4n) is 0.922. The zero-order chi connectivity index (χ0) is 8.81. The molecule has 1 aromatic carbocycles. The van der Waals surface area contributed by atoms with E-state index in [1.54, 1.807) is 6.92 Å². The number of aliphatic hydroxyl groups excluding tert-OH is 1. The first-order valence-electron chi connectivity index (χ1n) is 4.09. The van der Waals surface area contributed by atoms with E-state index in [9.17, 15) is 0 Å². The first-order valence-corrected chi connectivity index (χ1v) is 9.08. The Kier molecular flexibility index (Phi) is 4.80. The minimum atomic E-state index is -1.33. The van der Waals surface area contributed by atoms with Crippen LogP contribution >= 0.6 is 0 Å². The first-order chi connectivity index (χ1) is 5.79. The number of hydrogen-bond donors (Lipinski definition) is 1. The summed E-state index contributed by atoms with van der Waals surface area (Å²) < 4.78 is 6.81. The zero-order valence-corrected chi connectivity index (χ0v) is 12.7. The maximum atomic E-state index is 8.94. The SMILES string of the molecule is CC(O)C[O][Hg][c]1ccccc1. The molecule has 1 rings (SSSR count). The second kappa shape index (κ2) is 5.67. The van der Waals surface area contributed by atoms with Gasteiger partial charge in [0.15, 0.2) is 0 Å². The zero-order valence-electron chi connectivity index (χ0n) is 7.23. The molecule has 0 aliphatic rings. The number of aliphatic hydroxyl groups is 1. The maximum absolute atomic E-state index is 8.94. The summed E-state index contributed by atoms with van der Waals surface area (Å²) >= 11 is -1.33. The number of hydrogen-bond acceptors (Lipinski definition) is 2. The van der Waals surface area contributed by atoms with Gasteiger partial charge in [0, 0.05) is 0 Å². The van der Waals surface area contributed by atoms with Crippen LogP contribution in [0.25, 0.3) is 0 Å². The molecule has 0 aliphatic heterocycles. The molecule has 1 unspecified atom stereocenters. The minimum absolute atomic E-state index is 0.325. The van der Waals surface area contributed by atoms with E-state index in [0.717, 1.165) is 0 Å². The molecule has 0 aliphatic carbocycles. The molecule has 0 radical (unpaired) electrons. The second-order valence-electron chi connectivity index (χ2n) is 2.85. The van der Waals surface area contributed by atoms with Gasteiger partial charge in [0.25, 0.3) is 0 Å². The molecule has 0 fully saturated rings. The normalized spacial score (nSPS) is 12.2. The Hall–Kier alpha value is 0.0751. The number of benzene rings is 1. The van der Waals surface area contributed by atoms with Crippen LogP contribution in [0.15, 0.2) is 30.3 Å². The first kappa shape index (κ1) is 10.2. The molecule has 12 heavy (non-hydrogen) atoms. The Balaban J connectivity index is 2.25. The van der Waals surface area contributed by atoms with Crippen molar-refractivity contribution in [3.05, 3.63) is 30.3 Å². The summed E-state index contributed by atoms with van der Waals surface area (Å²) in [4.78, 5) is 0. The Morgan fingerprint density at radius 1 is 1.42 bits per heavy atom. The van der Waals surface area contributed by atoms with Crippen LogP contribution in [0.2, 0.25) is 0 Å². The molecule has 2 nitrogen and oxygen atoms in total. The van der Waals surface area contributed by atoms with Crippen LogP contribution < -0.4 is 3.07 Å². The summed E-state index contributed by atoms with van der Waals surface area (Å²) in [5.74, 6) is 0. The molecule has 0 amide bonds. The van der Waals surface area contributed by atoms with E-state index in [1.807, 2.05) is 18.2 Å². The average Bonchev–Trinajstić information content (AvgIpc) is 2.05. The fraction of sp³-hybridized carbons (Fsp3) is 0.333. The fourth-order valence-corrected chi connectivity index (χ4v) is 5.43. The van der Waals surface area contributed by atoms with Crippen LogP contribution in [-0.4, -0.2) is 17.8 Å². The third-order valence-electron chi connectivity index (χ3n) is 1.47. The molecule has 0 saturated carbocycles. The van der Waals surface area contributed by atoms with Crippen LogP contribution in [0.1, 0.15) is 6.92 Å². The predicted octanol–water partition coefficient (Wildman–Crippen LogP) is 0.707. The van der Waals surface area contributed by atoms with Crippen molar-refractivity contribution in [3.8, 4) is 0 Å². The summed E-state index contributed by atoms with van der Waals surface area (Å²) in [5, 5.41) is 8.94. The number of rotatable bonds is 4. The average molecular weight is 353 g/mol. The van der Waals surface area contributed by atoms with Crippen molar-refractivity contribution in [2.75, 3.05) is 6.61 Å². The third-order valence-corrected chi connectivity index (χ3v) is 6.31. The molecule has 0 heterocycles. The molecule has 62 valence electrons. The van der Waals surface area contributed by atoms with Crippen molar-refractivity contribution >= 4 is 3.07 Å². The van der Waals surface area contributed by atoms with Crippen LogP contribution in [0.5, 0.6) is 0 Å². The molecule has 0 bridgehead atoms.